The molecule has 0 aliphatic carbocycles. The highest BCUT2D eigenvalue weighted by molar-refractivity contribution is 8.00. The Labute approximate surface area is 161 Å². The van der Waals surface area contributed by atoms with Crippen LogP contribution in [0.3, 0.4) is 0 Å². The number of thioether (sulfide) groups is 1. The number of amides is 1. The second-order valence-electron chi connectivity index (χ2n) is 5.24. The Kier molecular flexibility index (Phi) is 5.30. The number of pyridine rings is 1. The van der Waals surface area contributed by atoms with Gasteiger partial charge in [0.25, 0.3) is 5.69 Å². The van der Waals surface area contributed by atoms with Gasteiger partial charge in [-0.05, 0) is 25.1 Å². The highest BCUT2D eigenvalue weighted by Crippen LogP contribution is 2.28. The van der Waals surface area contributed by atoms with Crippen LogP contribution in [-0.2, 0) is 4.79 Å². The number of nitrogens with one attached hydrogen (secondary N) is 1. The first kappa shape index (κ1) is 18.4. The molecule has 0 saturated heterocycles. The van der Waals surface area contributed by atoms with Crippen LogP contribution in [0, 0.1) is 10.1 Å². The number of aromatic nitrogens is 3. The third-order valence-corrected chi connectivity index (χ3v) is 4.93. The van der Waals surface area contributed by atoms with Crippen molar-refractivity contribution in [3.63, 3.8) is 0 Å². The molecule has 3 rings (SSSR count). The van der Waals surface area contributed by atoms with E-state index in [9.17, 15) is 14.9 Å². The number of non-ortho nitro benzene ring substituents is 1. The van der Waals surface area contributed by atoms with Crippen LogP contribution < -0.4 is 5.32 Å². The standard InChI is InChI=1S/C15H11Cl2N5O3S/c1-8(14(23)18-10-2-4-11(5-3-10)22(24)25)26-15-20-19-13-12(17)6-9(16)7-21(13)15/h2-8H,1H3,(H,18,23). The van der Waals surface area contributed by atoms with Crippen LogP contribution >= 0.6 is 35.0 Å². The minimum Gasteiger partial charge on any atom is -0.325 e. The number of nitrogens with zero attached hydrogens (tertiary/aromatic N) is 4. The summed E-state index contributed by atoms with van der Waals surface area (Å²) >= 11 is 13.3. The number of hydrogen-bond acceptors (Lipinski definition) is 6. The number of halogens is 2. The summed E-state index contributed by atoms with van der Waals surface area (Å²) in [4.78, 5) is 22.5. The number of hydrogen-bond donors (Lipinski definition) is 1. The minimum atomic E-state index is -0.504. The van der Waals surface area contributed by atoms with Gasteiger partial charge in [-0.1, -0.05) is 35.0 Å². The van der Waals surface area contributed by atoms with Gasteiger partial charge < -0.3 is 5.32 Å². The molecule has 1 N–H and O–H groups in total. The highest BCUT2D eigenvalue weighted by atomic mass is 35.5. The van der Waals surface area contributed by atoms with Gasteiger partial charge in [0.05, 0.1) is 20.2 Å². The molecule has 1 atom stereocenters. The number of fused-ring (bicyclic) bond motifs is 1. The van der Waals surface area contributed by atoms with Crippen LogP contribution in [0.2, 0.25) is 10.0 Å². The largest absolute Gasteiger partial charge is 0.325 e. The lowest BCUT2D eigenvalue weighted by atomic mass is 10.3. The van der Waals surface area contributed by atoms with Gasteiger partial charge in [0.15, 0.2) is 10.8 Å². The summed E-state index contributed by atoms with van der Waals surface area (Å²) in [7, 11) is 0. The smallest absolute Gasteiger partial charge is 0.269 e. The number of nitro benzene ring substituents is 1. The molecule has 0 aliphatic rings. The molecule has 0 radical (unpaired) electrons. The Hall–Kier alpha value is -2.36. The number of carbonyl (C=O) groups is 1. The second kappa shape index (κ2) is 7.48. The van der Waals surface area contributed by atoms with Crippen molar-refractivity contribution in [3.05, 3.63) is 56.7 Å². The predicted molar refractivity (Wildman–Crippen MR) is 100 cm³/mol. The van der Waals surface area contributed by atoms with Crippen molar-refractivity contribution in [3.8, 4) is 0 Å². The first-order chi connectivity index (χ1) is 12.3. The van der Waals surface area contributed by atoms with Gasteiger partial charge in [0.1, 0.15) is 0 Å². The summed E-state index contributed by atoms with van der Waals surface area (Å²) in [6.07, 6.45) is 1.62. The molecule has 0 spiro atoms. The van der Waals surface area contributed by atoms with E-state index in [-0.39, 0.29) is 11.6 Å². The maximum absolute atomic E-state index is 12.4. The fourth-order valence-corrected chi connectivity index (χ4v) is 3.44. The molecule has 2 aromatic heterocycles. The SMILES string of the molecule is CC(Sc1nnc2c(Cl)cc(Cl)cn12)C(=O)Nc1ccc([N+](=O)[O-])cc1. The lowest BCUT2D eigenvalue weighted by molar-refractivity contribution is -0.384. The Balaban J connectivity index is 1.72. The van der Waals surface area contributed by atoms with Crippen LogP contribution in [0.1, 0.15) is 6.92 Å². The molecule has 2 heterocycles. The van der Waals surface area contributed by atoms with Gasteiger partial charge in [-0.25, -0.2) is 0 Å². The summed E-state index contributed by atoms with van der Waals surface area (Å²) in [5, 5.41) is 22.1. The van der Waals surface area contributed by atoms with E-state index in [0.717, 1.165) is 0 Å². The van der Waals surface area contributed by atoms with Crippen molar-refractivity contribution >= 4 is 57.9 Å². The minimum absolute atomic E-state index is 0.0471. The average Bonchev–Trinajstić information content (AvgIpc) is 2.98. The monoisotopic (exact) mass is 411 g/mol. The van der Waals surface area contributed by atoms with E-state index in [2.05, 4.69) is 15.5 Å². The molecule has 0 bridgehead atoms. The Morgan fingerprint density at radius 2 is 2.00 bits per heavy atom. The number of benzene rings is 1. The van der Waals surface area contributed by atoms with Gasteiger partial charge in [-0.15, -0.1) is 10.2 Å². The quantitative estimate of drug-likeness (QED) is 0.385. The first-order valence-electron chi connectivity index (χ1n) is 7.27. The van der Waals surface area contributed by atoms with Gasteiger partial charge in [0.2, 0.25) is 5.91 Å². The molecule has 0 fully saturated rings. The van der Waals surface area contributed by atoms with Crippen molar-refractivity contribution in [1.29, 1.82) is 0 Å². The summed E-state index contributed by atoms with van der Waals surface area (Å²) < 4.78 is 1.62. The van der Waals surface area contributed by atoms with Crippen LogP contribution in [0.4, 0.5) is 11.4 Å². The molecular weight excluding hydrogens is 401 g/mol. The van der Waals surface area contributed by atoms with Crippen LogP contribution in [0.5, 0.6) is 0 Å². The lowest BCUT2D eigenvalue weighted by Gasteiger charge is -2.11. The van der Waals surface area contributed by atoms with E-state index in [0.29, 0.717) is 26.5 Å². The van der Waals surface area contributed by atoms with Gasteiger partial charge in [0, 0.05) is 24.0 Å². The molecule has 0 saturated carbocycles. The Bertz CT molecular complexity index is 993. The molecule has 1 unspecified atom stereocenters. The molecule has 3 aromatic rings. The zero-order chi connectivity index (χ0) is 18.8. The molecule has 26 heavy (non-hydrogen) atoms. The van der Waals surface area contributed by atoms with Crippen molar-refractivity contribution < 1.29 is 9.72 Å². The summed E-state index contributed by atoms with van der Waals surface area (Å²) in [5.41, 5.74) is 0.862. The van der Waals surface area contributed by atoms with Crippen molar-refractivity contribution in [2.75, 3.05) is 5.32 Å². The van der Waals surface area contributed by atoms with Crippen molar-refractivity contribution in [2.24, 2.45) is 0 Å². The Morgan fingerprint density at radius 1 is 1.31 bits per heavy atom. The number of nitro groups is 1. The topological polar surface area (TPSA) is 102 Å². The van der Waals surface area contributed by atoms with E-state index in [4.69, 9.17) is 23.2 Å². The van der Waals surface area contributed by atoms with Gasteiger partial charge in [-0.3, -0.25) is 19.3 Å². The number of anilines is 1. The Morgan fingerprint density at radius 3 is 2.65 bits per heavy atom. The molecule has 1 aromatic carbocycles. The lowest BCUT2D eigenvalue weighted by Crippen LogP contribution is -2.22. The highest BCUT2D eigenvalue weighted by Gasteiger charge is 2.19. The number of rotatable bonds is 5. The third-order valence-electron chi connectivity index (χ3n) is 3.39. The van der Waals surface area contributed by atoms with Crippen LogP contribution in [-0.4, -0.2) is 30.7 Å². The molecule has 8 nitrogen and oxygen atoms in total. The van der Waals surface area contributed by atoms with Gasteiger partial charge >= 0.3 is 0 Å². The maximum atomic E-state index is 12.4. The maximum Gasteiger partial charge on any atom is 0.269 e. The van der Waals surface area contributed by atoms with Gasteiger partial charge in [-0.2, -0.15) is 0 Å². The molecule has 11 heteroatoms. The first-order valence-corrected chi connectivity index (χ1v) is 8.90. The molecular formula is C15H11Cl2N5O3S. The average molecular weight is 412 g/mol. The summed E-state index contributed by atoms with van der Waals surface area (Å²) in [6.45, 7) is 1.71. The molecule has 1 amide bonds. The van der Waals surface area contributed by atoms with E-state index in [1.54, 1.807) is 23.6 Å². The predicted octanol–water partition coefficient (Wildman–Crippen LogP) is 4.06. The van der Waals surface area contributed by atoms with E-state index < -0.39 is 10.2 Å². The van der Waals surface area contributed by atoms with E-state index >= 15 is 0 Å². The zero-order valence-corrected chi connectivity index (χ0v) is 15.5. The third kappa shape index (κ3) is 3.90. The number of carbonyl (C=O) groups excluding carboxylic acids is 1. The molecule has 134 valence electrons. The van der Waals surface area contributed by atoms with E-state index in [1.165, 1.54) is 36.0 Å². The van der Waals surface area contributed by atoms with Crippen molar-refractivity contribution in [1.82, 2.24) is 14.6 Å². The fraction of sp³-hybridized carbons (Fsp3) is 0.133. The normalized spacial score (nSPS) is 12.1. The fourth-order valence-electron chi connectivity index (χ4n) is 2.10. The second-order valence-corrected chi connectivity index (χ2v) is 7.39. The van der Waals surface area contributed by atoms with Crippen LogP contribution in [0.25, 0.3) is 5.65 Å². The summed E-state index contributed by atoms with van der Waals surface area (Å²) in [6, 6.07) is 7.15. The van der Waals surface area contributed by atoms with E-state index in [1.807, 2.05) is 0 Å². The van der Waals surface area contributed by atoms with Crippen LogP contribution in [0.15, 0.2) is 41.7 Å². The molecule has 0 aliphatic heterocycles. The zero-order valence-electron chi connectivity index (χ0n) is 13.2. The van der Waals surface area contributed by atoms with Crippen molar-refractivity contribution in [2.45, 2.75) is 17.3 Å². The summed E-state index contributed by atoms with van der Waals surface area (Å²) in [5.74, 6) is -0.284.